The Hall–Kier alpha value is -4.17. The van der Waals surface area contributed by atoms with Gasteiger partial charge in [-0.15, -0.1) is 0 Å². The molecule has 4 aromatic rings. The fraction of sp³-hybridized carbons (Fsp3) is 0.343. The van der Waals surface area contributed by atoms with Gasteiger partial charge in [-0.2, -0.15) is 0 Å². The third-order valence-electron chi connectivity index (χ3n) is 8.23. The van der Waals surface area contributed by atoms with Gasteiger partial charge >= 0.3 is 5.97 Å². The van der Waals surface area contributed by atoms with Crippen molar-refractivity contribution in [2.75, 3.05) is 31.7 Å². The van der Waals surface area contributed by atoms with E-state index in [9.17, 15) is 9.59 Å². The van der Waals surface area contributed by atoms with Gasteiger partial charge in [0.1, 0.15) is 11.8 Å². The van der Waals surface area contributed by atoms with Gasteiger partial charge in [-0.05, 0) is 73.2 Å². The van der Waals surface area contributed by atoms with E-state index in [2.05, 4.69) is 36.1 Å². The molecule has 0 bridgehead atoms. The highest BCUT2D eigenvalue weighted by Crippen LogP contribution is 2.41. The van der Waals surface area contributed by atoms with Crippen molar-refractivity contribution in [3.63, 3.8) is 0 Å². The lowest BCUT2D eigenvalue weighted by Crippen LogP contribution is -2.40. The van der Waals surface area contributed by atoms with E-state index in [-0.39, 0.29) is 12.2 Å². The summed E-state index contributed by atoms with van der Waals surface area (Å²) in [6.45, 7) is 6.23. The number of hydrogen-bond acceptors (Lipinski definition) is 7. The SMILES string of the molecule is CCCC1=C(C(=O)OCC)[C@H](c2c(OC)ccc3ccccc23)n2c(s/c(=C/c3ccc(N4CCCCC4)cc3)c2=O)=N1. The standard InChI is InChI=1S/C35H37N3O4S/c1-4-11-27-31(34(40)42-5-2)32(30-26-13-8-7-12-24(26)16-19-28(30)41-3)38-33(39)29(43-35(38)36-27)22-23-14-17-25(18-15-23)37-20-9-6-10-21-37/h7-8,12-19,22,32H,4-6,9-11,20-21H2,1-3H3/b29-22+/t32-/m0/s1. The Morgan fingerprint density at radius 3 is 2.51 bits per heavy atom. The largest absolute Gasteiger partial charge is 0.496 e. The van der Waals surface area contributed by atoms with Crippen molar-refractivity contribution in [3.8, 4) is 5.75 Å². The molecule has 1 fully saturated rings. The van der Waals surface area contributed by atoms with Gasteiger partial charge in [0.2, 0.25) is 0 Å². The molecule has 1 aromatic heterocycles. The van der Waals surface area contributed by atoms with E-state index in [4.69, 9.17) is 14.5 Å². The maximum absolute atomic E-state index is 14.3. The molecule has 222 valence electrons. The second kappa shape index (κ2) is 12.6. The molecule has 0 N–H and O–H groups in total. The first-order chi connectivity index (χ1) is 21.0. The fourth-order valence-electron chi connectivity index (χ4n) is 6.21. The van der Waals surface area contributed by atoms with Crippen molar-refractivity contribution in [2.24, 2.45) is 4.99 Å². The molecule has 3 heterocycles. The highest BCUT2D eigenvalue weighted by atomic mass is 32.1. The van der Waals surface area contributed by atoms with Crippen LogP contribution in [-0.2, 0) is 9.53 Å². The van der Waals surface area contributed by atoms with Crippen LogP contribution in [0.1, 0.15) is 63.1 Å². The van der Waals surface area contributed by atoms with E-state index in [1.807, 2.05) is 42.5 Å². The summed E-state index contributed by atoms with van der Waals surface area (Å²) < 4.78 is 13.7. The molecule has 43 heavy (non-hydrogen) atoms. The van der Waals surface area contributed by atoms with Crippen LogP contribution < -0.4 is 24.5 Å². The van der Waals surface area contributed by atoms with Crippen molar-refractivity contribution in [2.45, 2.75) is 52.0 Å². The molecule has 7 nitrogen and oxygen atoms in total. The number of nitrogens with zero attached hydrogens (tertiary/aromatic N) is 3. The van der Waals surface area contributed by atoms with Gasteiger partial charge in [0.15, 0.2) is 4.80 Å². The second-order valence-electron chi connectivity index (χ2n) is 11.0. The average Bonchev–Trinajstić information content (AvgIpc) is 3.34. The third-order valence-corrected chi connectivity index (χ3v) is 9.21. The lowest BCUT2D eigenvalue weighted by atomic mass is 9.90. The van der Waals surface area contributed by atoms with Crippen LogP contribution in [0.2, 0.25) is 0 Å². The van der Waals surface area contributed by atoms with Crippen molar-refractivity contribution >= 4 is 39.8 Å². The number of esters is 1. The number of ether oxygens (including phenoxy) is 2. The summed E-state index contributed by atoms with van der Waals surface area (Å²) in [6, 6.07) is 19.5. The number of aromatic nitrogens is 1. The maximum atomic E-state index is 14.3. The van der Waals surface area contributed by atoms with Crippen LogP contribution >= 0.6 is 11.3 Å². The molecule has 0 aliphatic carbocycles. The molecule has 2 aliphatic rings. The van der Waals surface area contributed by atoms with Crippen LogP contribution in [0, 0.1) is 0 Å². The van der Waals surface area contributed by atoms with E-state index in [1.54, 1.807) is 18.6 Å². The lowest BCUT2D eigenvalue weighted by molar-refractivity contribution is -0.139. The van der Waals surface area contributed by atoms with Crippen molar-refractivity contribution in [1.82, 2.24) is 4.57 Å². The number of methoxy groups -OCH3 is 1. The number of rotatable bonds is 8. The monoisotopic (exact) mass is 595 g/mol. The lowest BCUT2D eigenvalue weighted by Gasteiger charge is -2.28. The van der Waals surface area contributed by atoms with Gasteiger partial charge in [-0.1, -0.05) is 67.1 Å². The highest BCUT2D eigenvalue weighted by Gasteiger charge is 2.37. The topological polar surface area (TPSA) is 73.1 Å². The maximum Gasteiger partial charge on any atom is 0.338 e. The van der Waals surface area contributed by atoms with Crippen molar-refractivity contribution in [1.29, 1.82) is 0 Å². The molecule has 0 spiro atoms. The Labute approximate surface area is 255 Å². The summed E-state index contributed by atoms with van der Waals surface area (Å²) in [4.78, 5) is 35.9. The first-order valence-electron chi connectivity index (χ1n) is 15.2. The molecule has 0 radical (unpaired) electrons. The van der Waals surface area contributed by atoms with Crippen LogP contribution in [0.3, 0.4) is 0 Å². The summed E-state index contributed by atoms with van der Waals surface area (Å²) >= 11 is 1.35. The first kappa shape index (κ1) is 28.9. The molecule has 0 unspecified atom stereocenters. The molecule has 0 saturated carbocycles. The quantitative estimate of drug-likeness (QED) is 0.243. The number of hydrogen-bond donors (Lipinski definition) is 0. The highest BCUT2D eigenvalue weighted by molar-refractivity contribution is 7.07. The Balaban J connectivity index is 1.56. The van der Waals surface area contributed by atoms with Crippen LogP contribution in [0.25, 0.3) is 16.8 Å². The van der Waals surface area contributed by atoms with Gasteiger partial charge in [0.05, 0.1) is 29.5 Å². The number of carbonyl (C=O) groups is 1. The average molecular weight is 596 g/mol. The first-order valence-corrected chi connectivity index (χ1v) is 16.0. The Morgan fingerprint density at radius 2 is 1.79 bits per heavy atom. The summed E-state index contributed by atoms with van der Waals surface area (Å²) in [5.41, 5.74) is 3.77. The van der Waals surface area contributed by atoms with Gasteiger partial charge in [-0.3, -0.25) is 9.36 Å². The minimum atomic E-state index is -0.749. The summed E-state index contributed by atoms with van der Waals surface area (Å²) in [5, 5.41) is 1.90. The zero-order valence-electron chi connectivity index (χ0n) is 25.0. The summed E-state index contributed by atoms with van der Waals surface area (Å²) in [7, 11) is 1.62. The molecular weight excluding hydrogens is 558 g/mol. The molecular formula is C35H37N3O4S. The summed E-state index contributed by atoms with van der Waals surface area (Å²) in [6.07, 6.45) is 7.03. The van der Waals surface area contributed by atoms with Gasteiger partial charge < -0.3 is 14.4 Å². The molecule has 0 amide bonds. The zero-order valence-corrected chi connectivity index (χ0v) is 25.8. The second-order valence-corrected chi connectivity index (χ2v) is 12.0. The summed E-state index contributed by atoms with van der Waals surface area (Å²) in [5.74, 6) is 0.142. The third kappa shape index (κ3) is 5.52. The van der Waals surface area contributed by atoms with Gasteiger partial charge in [0.25, 0.3) is 5.56 Å². The number of piperidine rings is 1. The molecule has 2 aliphatic heterocycles. The molecule has 8 heteroatoms. The normalized spacial score (nSPS) is 17.1. The van der Waals surface area contributed by atoms with E-state index in [1.165, 1.54) is 36.3 Å². The molecule has 1 saturated heterocycles. The van der Waals surface area contributed by atoms with Crippen LogP contribution in [0.4, 0.5) is 5.69 Å². The number of benzene rings is 3. The Kier molecular flexibility index (Phi) is 8.47. The number of carbonyl (C=O) groups excluding carboxylic acids is 1. The molecule has 1 atom stereocenters. The molecule has 3 aromatic carbocycles. The Bertz CT molecular complexity index is 1860. The number of fused-ring (bicyclic) bond motifs is 2. The zero-order chi connectivity index (χ0) is 29.9. The van der Waals surface area contributed by atoms with E-state index >= 15 is 0 Å². The van der Waals surface area contributed by atoms with Gasteiger partial charge in [0, 0.05) is 24.3 Å². The predicted octanol–water partition coefficient (Wildman–Crippen LogP) is 5.73. The number of thiazole rings is 1. The van der Waals surface area contributed by atoms with Crippen LogP contribution in [0.5, 0.6) is 5.75 Å². The molecule has 6 rings (SSSR count). The van der Waals surface area contributed by atoms with E-state index < -0.39 is 12.0 Å². The smallest absolute Gasteiger partial charge is 0.338 e. The minimum Gasteiger partial charge on any atom is -0.496 e. The minimum absolute atomic E-state index is 0.193. The van der Waals surface area contributed by atoms with Crippen molar-refractivity contribution in [3.05, 3.63) is 103 Å². The number of anilines is 1. The number of allylic oxidation sites excluding steroid dienone is 1. The van der Waals surface area contributed by atoms with E-state index in [0.717, 1.165) is 41.4 Å². The van der Waals surface area contributed by atoms with Crippen molar-refractivity contribution < 1.29 is 14.3 Å². The van der Waals surface area contributed by atoms with E-state index in [0.29, 0.717) is 32.8 Å². The Morgan fingerprint density at radius 1 is 1.02 bits per heavy atom. The van der Waals surface area contributed by atoms with Gasteiger partial charge in [-0.25, -0.2) is 9.79 Å². The predicted molar refractivity (Wildman–Crippen MR) is 173 cm³/mol. The fourth-order valence-corrected chi connectivity index (χ4v) is 7.23. The van der Waals surface area contributed by atoms with Crippen LogP contribution in [-0.4, -0.2) is 37.3 Å². The van der Waals surface area contributed by atoms with Crippen LogP contribution in [0.15, 0.2) is 81.7 Å².